The van der Waals surface area contributed by atoms with E-state index in [1.165, 1.54) is 0 Å². The van der Waals surface area contributed by atoms with Crippen LogP contribution in [-0.2, 0) is 5.33 Å². The molecule has 0 spiro atoms. The fourth-order valence-corrected chi connectivity index (χ4v) is 2.55. The Morgan fingerprint density at radius 3 is 2.50 bits per heavy atom. The number of alkyl halides is 1. The Labute approximate surface area is 90.6 Å². The molecule has 0 aliphatic rings. The Balaban J connectivity index is 3.40. The third-order valence-electron chi connectivity index (χ3n) is 1.43. The van der Waals surface area contributed by atoms with Gasteiger partial charge in [-0.15, -0.1) is 0 Å². The third kappa shape index (κ3) is 1.71. The Morgan fingerprint density at radius 2 is 2.00 bits per heavy atom. The lowest BCUT2D eigenvalue weighted by Gasteiger charge is -2.06. The van der Waals surface area contributed by atoms with E-state index in [-0.39, 0.29) is 5.69 Å². The van der Waals surface area contributed by atoms with Gasteiger partial charge in [0.05, 0.1) is 5.69 Å². The highest BCUT2D eigenvalue weighted by molar-refractivity contribution is 14.1. The average molecular weight is 348 g/mol. The largest absolute Gasteiger partial charge is 0.395 e. The van der Waals surface area contributed by atoms with Crippen LogP contribution < -0.4 is 5.73 Å². The molecule has 0 unspecified atom stereocenters. The van der Waals surface area contributed by atoms with Crippen molar-refractivity contribution in [1.82, 2.24) is 0 Å². The number of hydrogen-bond donors (Lipinski definition) is 1. The first kappa shape index (κ1) is 10.2. The lowest BCUT2D eigenvalue weighted by atomic mass is 10.2. The first-order valence-corrected chi connectivity index (χ1v) is 5.25. The molecule has 12 heavy (non-hydrogen) atoms. The molecule has 66 valence electrons. The standard InChI is InChI=1S/C7H5BrF2IN/c8-2-3-4(9)1-5(10)7(12)6(3)11/h1H,2,12H2. The van der Waals surface area contributed by atoms with E-state index in [0.29, 0.717) is 14.5 Å². The quantitative estimate of drug-likeness (QED) is 0.471. The number of nitrogens with two attached hydrogens (primary N) is 1. The first-order chi connectivity index (χ1) is 5.57. The van der Waals surface area contributed by atoms with E-state index < -0.39 is 11.6 Å². The fraction of sp³-hybridized carbons (Fsp3) is 0.143. The van der Waals surface area contributed by atoms with Crippen molar-refractivity contribution >= 4 is 44.2 Å². The second kappa shape index (κ2) is 3.87. The van der Waals surface area contributed by atoms with Gasteiger partial charge in [0.15, 0.2) is 0 Å². The van der Waals surface area contributed by atoms with E-state index >= 15 is 0 Å². The van der Waals surface area contributed by atoms with E-state index in [2.05, 4.69) is 15.9 Å². The molecule has 1 aromatic rings. The van der Waals surface area contributed by atoms with Gasteiger partial charge in [0, 0.05) is 20.5 Å². The molecule has 0 saturated carbocycles. The Kier molecular flexibility index (Phi) is 3.28. The van der Waals surface area contributed by atoms with E-state index in [1.54, 1.807) is 0 Å². The molecular formula is C7H5BrF2IN. The molecule has 0 fully saturated rings. The second-order valence-electron chi connectivity index (χ2n) is 2.18. The summed E-state index contributed by atoms with van der Waals surface area (Å²) in [4.78, 5) is 0. The summed E-state index contributed by atoms with van der Waals surface area (Å²) in [5.41, 5.74) is 5.76. The molecule has 1 nitrogen and oxygen atoms in total. The van der Waals surface area contributed by atoms with Gasteiger partial charge >= 0.3 is 0 Å². The van der Waals surface area contributed by atoms with Crippen molar-refractivity contribution in [3.63, 3.8) is 0 Å². The van der Waals surface area contributed by atoms with Crippen molar-refractivity contribution in [2.24, 2.45) is 0 Å². The van der Waals surface area contributed by atoms with Crippen LogP contribution in [0.3, 0.4) is 0 Å². The van der Waals surface area contributed by atoms with Crippen LogP contribution in [0.1, 0.15) is 5.56 Å². The van der Waals surface area contributed by atoms with Gasteiger partial charge in [-0.25, -0.2) is 8.78 Å². The summed E-state index contributed by atoms with van der Waals surface area (Å²) < 4.78 is 26.2. The molecule has 0 saturated heterocycles. The van der Waals surface area contributed by atoms with E-state index in [9.17, 15) is 8.78 Å². The molecule has 1 aromatic carbocycles. The van der Waals surface area contributed by atoms with Crippen molar-refractivity contribution in [1.29, 1.82) is 0 Å². The van der Waals surface area contributed by atoms with E-state index in [0.717, 1.165) is 6.07 Å². The van der Waals surface area contributed by atoms with E-state index in [4.69, 9.17) is 5.73 Å². The molecule has 0 aliphatic heterocycles. The predicted molar refractivity (Wildman–Crippen MR) is 56.1 cm³/mol. The van der Waals surface area contributed by atoms with Gasteiger partial charge in [-0.05, 0) is 22.6 Å². The van der Waals surface area contributed by atoms with Gasteiger partial charge < -0.3 is 5.73 Å². The van der Waals surface area contributed by atoms with Crippen molar-refractivity contribution in [3.8, 4) is 0 Å². The molecule has 0 radical (unpaired) electrons. The van der Waals surface area contributed by atoms with Crippen molar-refractivity contribution in [2.45, 2.75) is 5.33 Å². The highest BCUT2D eigenvalue weighted by Gasteiger charge is 2.12. The molecule has 1 rings (SSSR count). The van der Waals surface area contributed by atoms with Crippen molar-refractivity contribution < 1.29 is 8.78 Å². The van der Waals surface area contributed by atoms with Crippen LogP contribution in [0, 0.1) is 15.2 Å². The fourth-order valence-electron chi connectivity index (χ4n) is 0.771. The minimum Gasteiger partial charge on any atom is -0.395 e. The summed E-state index contributed by atoms with van der Waals surface area (Å²) in [5, 5.41) is 0.335. The van der Waals surface area contributed by atoms with Crippen LogP contribution in [0.25, 0.3) is 0 Å². The van der Waals surface area contributed by atoms with Gasteiger partial charge in [-0.3, -0.25) is 0 Å². The second-order valence-corrected chi connectivity index (χ2v) is 3.82. The zero-order valence-corrected chi connectivity index (χ0v) is 9.62. The minimum absolute atomic E-state index is 0.00597. The number of hydrogen-bond acceptors (Lipinski definition) is 1. The maximum absolute atomic E-state index is 13.0. The lowest BCUT2D eigenvalue weighted by molar-refractivity contribution is 0.578. The van der Waals surface area contributed by atoms with Gasteiger partial charge in [0.25, 0.3) is 0 Å². The molecule has 0 aliphatic carbocycles. The van der Waals surface area contributed by atoms with Crippen LogP contribution >= 0.6 is 38.5 Å². The van der Waals surface area contributed by atoms with Gasteiger partial charge in [-0.2, -0.15) is 0 Å². The highest BCUT2D eigenvalue weighted by atomic mass is 127. The topological polar surface area (TPSA) is 26.0 Å². The number of rotatable bonds is 1. The normalized spacial score (nSPS) is 10.3. The first-order valence-electron chi connectivity index (χ1n) is 3.05. The number of anilines is 1. The van der Waals surface area contributed by atoms with Gasteiger partial charge in [0.2, 0.25) is 0 Å². The van der Waals surface area contributed by atoms with Gasteiger partial charge in [0.1, 0.15) is 11.6 Å². The summed E-state index contributed by atoms with van der Waals surface area (Å²) in [6.45, 7) is 0. The highest BCUT2D eigenvalue weighted by Crippen LogP contribution is 2.26. The zero-order valence-electron chi connectivity index (χ0n) is 5.87. The molecule has 0 aromatic heterocycles. The molecule has 0 atom stereocenters. The number of nitrogen functional groups attached to an aromatic ring is 1. The van der Waals surface area contributed by atoms with Crippen LogP contribution in [0.15, 0.2) is 6.07 Å². The van der Waals surface area contributed by atoms with Crippen LogP contribution in [0.4, 0.5) is 14.5 Å². The zero-order chi connectivity index (χ0) is 9.30. The number of halogens is 4. The smallest absolute Gasteiger partial charge is 0.150 e. The van der Waals surface area contributed by atoms with Crippen LogP contribution in [-0.4, -0.2) is 0 Å². The maximum atomic E-state index is 13.0. The Hall–Kier alpha value is 0.0900. The summed E-state index contributed by atoms with van der Waals surface area (Å²) in [6, 6.07) is 0.800. The third-order valence-corrected chi connectivity index (χ3v) is 3.23. The van der Waals surface area contributed by atoms with Gasteiger partial charge in [-0.1, -0.05) is 15.9 Å². The van der Waals surface area contributed by atoms with Crippen LogP contribution in [0.5, 0.6) is 0 Å². The average Bonchev–Trinajstić information content (AvgIpc) is 2.01. The Morgan fingerprint density at radius 1 is 1.42 bits per heavy atom. The molecule has 2 N–H and O–H groups in total. The molecule has 0 bridgehead atoms. The van der Waals surface area contributed by atoms with Crippen molar-refractivity contribution in [2.75, 3.05) is 5.73 Å². The predicted octanol–water partition coefficient (Wildman–Crippen LogP) is 3.05. The van der Waals surface area contributed by atoms with Crippen molar-refractivity contribution in [3.05, 3.63) is 26.8 Å². The summed E-state index contributed by atoms with van der Waals surface area (Å²) >= 11 is 4.92. The van der Waals surface area contributed by atoms with E-state index in [1.807, 2.05) is 22.6 Å². The molecule has 5 heteroatoms. The maximum Gasteiger partial charge on any atom is 0.150 e. The minimum atomic E-state index is -0.707. The van der Waals surface area contributed by atoms with Crippen LogP contribution in [0.2, 0.25) is 0 Å². The summed E-state index contributed by atoms with van der Waals surface area (Å²) in [6.07, 6.45) is 0. The SMILES string of the molecule is Nc1c(F)cc(F)c(CBr)c1I. The molecule has 0 amide bonds. The molecule has 0 heterocycles. The summed E-state index contributed by atoms with van der Waals surface area (Å²) in [5.74, 6) is -1.27. The number of benzene rings is 1. The Bertz CT molecular complexity index is 317. The lowest BCUT2D eigenvalue weighted by Crippen LogP contribution is -2.01. The molecular weight excluding hydrogens is 343 g/mol. The summed E-state index contributed by atoms with van der Waals surface area (Å²) in [7, 11) is 0. The monoisotopic (exact) mass is 347 g/mol.